The van der Waals surface area contributed by atoms with E-state index in [1.807, 2.05) is 11.1 Å². The molecule has 1 nitrogen and oxygen atoms in total. The summed E-state index contributed by atoms with van der Waals surface area (Å²) in [5.74, 6) is 3.47. The van der Waals surface area contributed by atoms with E-state index in [-0.39, 0.29) is 5.41 Å². The zero-order valence-corrected chi connectivity index (χ0v) is 21.8. The smallest absolute Gasteiger partial charge is 0.138 e. The number of allylic oxidation sites excluding steroid dienone is 2. The van der Waals surface area contributed by atoms with Gasteiger partial charge in [-0.1, -0.05) is 66.5 Å². The minimum Gasteiger partial charge on any atom is -0.299 e. The van der Waals surface area contributed by atoms with Gasteiger partial charge in [0.15, 0.2) is 0 Å². The topological polar surface area (TPSA) is 17.1 Å². The Balaban J connectivity index is 1.55. The number of fused-ring (bicyclic) bond motifs is 7. The summed E-state index contributed by atoms with van der Waals surface area (Å²) < 4.78 is 0. The first-order valence-corrected chi connectivity index (χ1v) is 13.6. The molecule has 4 fully saturated rings. The third-order valence-corrected chi connectivity index (χ3v) is 13.0. The quantitative estimate of drug-likeness (QED) is 0.386. The summed E-state index contributed by atoms with van der Waals surface area (Å²) in [4.78, 5) is 12.9. The van der Waals surface area contributed by atoms with E-state index in [2.05, 4.69) is 55.4 Å². The Morgan fingerprint density at radius 1 is 0.710 bits per heavy atom. The molecule has 0 amide bonds. The van der Waals surface area contributed by atoms with Crippen molar-refractivity contribution in [2.45, 2.75) is 120 Å². The normalized spacial score (nSPS) is 51.3. The molecule has 0 saturated heterocycles. The fourth-order valence-corrected chi connectivity index (χ4v) is 11.1. The van der Waals surface area contributed by atoms with Crippen LogP contribution < -0.4 is 0 Å². The molecule has 0 aromatic carbocycles. The predicted molar refractivity (Wildman–Crippen MR) is 130 cm³/mol. The fraction of sp³-hybridized carbons (Fsp3) is 0.900. The Morgan fingerprint density at radius 3 is 2.03 bits per heavy atom. The van der Waals surface area contributed by atoms with Crippen LogP contribution in [0.4, 0.5) is 0 Å². The van der Waals surface area contributed by atoms with Crippen molar-refractivity contribution in [3.63, 3.8) is 0 Å². The van der Waals surface area contributed by atoms with Crippen molar-refractivity contribution >= 4 is 5.78 Å². The van der Waals surface area contributed by atoms with Crippen molar-refractivity contribution in [1.29, 1.82) is 0 Å². The van der Waals surface area contributed by atoms with Gasteiger partial charge in [-0.05, 0) is 103 Å². The molecule has 0 heterocycles. The maximum Gasteiger partial charge on any atom is 0.138 e. The largest absolute Gasteiger partial charge is 0.299 e. The van der Waals surface area contributed by atoms with Crippen molar-refractivity contribution in [3.05, 3.63) is 11.1 Å². The first-order valence-electron chi connectivity index (χ1n) is 13.6. The molecule has 0 spiro atoms. The lowest BCUT2D eigenvalue weighted by Gasteiger charge is -2.72. The zero-order valence-electron chi connectivity index (χ0n) is 21.8. The lowest BCUT2D eigenvalue weighted by molar-refractivity contribution is -0.224. The average molecular weight is 425 g/mol. The summed E-state index contributed by atoms with van der Waals surface area (Å²) in [5.41, 5.74) is 5.23. The SMILES string of the molecule is CC(C)C1=C2CC[C@]3(C)[C@@H](CC[C@@H]4[C@@]5(C)CCC(=O)C(C)(C)[C@@H]5CC[C@]43C)[C@@]2(C)CC1. The molecule has 7 atom stereocenters. The van der Waals surface area contributed by atoms with Gasteiger partial charge in [-0.2, -0.15) is 0 Å². The van der Waals surface area contributed by atoms with Crippen LogP contribution in [-0.2, 0) is 4.79 Å². The number of hydrogen-bond donors (Lipinski definition) is 0. The molecule has 0 radical (unpaired) electrons. The van der Waals surface area contributed by atoms with Crippen LogP contribution in [0.5, 0.6) is 0 Å². The maximum atomic E-state index is 12.9. The number of hydrogen-bond acceptors (Lipinski definition) is 1. The van der Waals surface area contributed by atoms with Gasteiger partial charge in [-0.25, -0.2) is 0 Å². The van der Waals surface area contributed by atoms with Gasteiger partial charge in [0.25, 0.3) is 0 Å². The summed E-state index contributed by atoms with van der Waals surface area (Å²) >= 11 is 0. The second kappa shape index (κ2) is 6.50. The molecule has 0 N–H and O–H groups in total. The second-order valence-electron chi connectivity index (χ2n) is 14.3. The lowest BCUT2D eigenvalue weighted by atomic mass is 9.32. The lowest BCUT2D eigenvalue weighted by Crippen LogP contribution is -2.66. The molecular weight excluding hydrogens is 376 g/mol. The van der Waals surface area contributed by atoms with Gasteiger partial charge in [0.2, 0.25) is 0 Å². The molecule has 5 aliphatic carbocycles. The van der Waals surface area contributed by atoms with Gasteiger partial charge in [0.05, 0.1) is 0 Å². The third-order valence-electron chi connectivity index (χ3n) is 13.0. The van der Waals surface area contributed by atoms with E-state index in [0.29, 0.717) is 33.4 Å². The van der Waals surface area contributed by atoms with Gasteiger partial charge in [0, 0.05) is 11.8 Å². The first kappa shape index (κ1) is 22.2. The van der Waals surface area contributed by atoms with Crippen LogP contribution in [0.2, 0.25) is 0 Å². The summed E-state index contributed by atoms with van der Waals surface area (Å²) in [5, 5.41) is 0. The van der Waals surface area contributed by atoms with E-state index >= 15 is 0 Å². The van der Waals surface area contributed by atoms with Gasteiger partial charge in [-0.3, -0.25) is 4.79 Å². The molecule has 0 unspecified atom stereocenters. The van der Waals surface area contributed by atoms with Crippen LogP contribution in [0, 0.1) is 50.7 Å². The summed E-state index contributed by atoms with van der Waals surface area (Å²) in [6.07, 6.45) is 12.9. The average Bonchev–Trinajstić information content (AvgIpc) is 3.03. The van der Waals surface area contributed by atoms with Gasteiger partial charge >= 0.3 is 0 Å². The number of Topliss-reactive ketones (excluding diaryl/α,β-unsaturated/α-hetero) is 1. The highest BCUT2D eigenvalue weighted by atomic mass is 16.1. The van der Waals surface area contributed by atoms with Gasteiger partial charge < -0.3 is 0 Å². The molecule has 0 bridgehead atoms. The van der Waals surface area contributed by atoms with Crippen molar-refractivity contribution in [1.82, 2.24) is 0 Å². The van der Waals surface area contributed by atoms with Crippen LogP contribution in [0.25, 0.3) is 0 Å². The van der Waals surface area contributed by atoms with Gasteiger partial charge in [-0.15, -0.1) is 0 Å². The monoisotopic (exact) mass is 424 g/mol. The van der Waals surface area contributed by atoms with Crippen LogP contribution in [0.3, 0.4) is 0 Å². The molecule has 0 aromatic heterocycles. The fourth-order valence-electron chi connectivity index (χ4n) is 11.1. The molecule has 174 valence electrons. The van der Waals surface area contributed by atoms with Crippen molar-refractivity contribution in [3.8, 4) is 0 Å². The van der Waals surface area contributed by atoms with Crippen molar-refractivity contribution in [2.24, 2.45) is 50.7 Å². The van der Waals surface area contributed by atoms with Crippen LogP contribution in [0.15, 0.2) is 11.1 Å². The van der Waals surface area contributed by atoms with E-state index < -0.39 is 0 Å². The molecule has 5 aliphatic rings. The van der Waals surface area contributed by atoms with Crippen LogP contribution in [0.1, 0.15) is 120 Å². The van der Waals surface area contributed by atoms with E-state index in [0.717, 1.165) is 30.6 Å². The Hall–Kier alpha value is -0.590. The van der Waals surface area contributed by atoms with Crippen LogP contribution in [-0.4, -0.2) is 5.78 Å². The molecular formula is C30H48O. The third kappa shape index (κ3) is 2.53. The number of carbonyl (C=O) groups is 1. The van der Waals surface area contributed by atoms with Crippen molar-refractivity contribution < 1.29 is 4.79 Å². The van der Waals surface area contributed by atoms with E-state index in [1.165, 1.54) is 51.4 Å². The predicted octanol–water partition coefficient (Wildman–Crippen LogP) is 8.38. The Labute approximate surface area is 192 Å². The Morgan fingerprint density at radius 2 is 1.35 bits per heavy atom. The van der Waals surface area contributed by atoms with Crippen LogP contribution >= 0.6 is 0 Å². The highest BCUT2D eigenvalue weighted by molar-refractivity contribution is 5.85. The minimum absolute atomic E-state index is 0.127. The molecule has 1 heteroatoms. The number of rotatable bonds is 1. The number of carbonyl (C=O) groups excluding carboxylic acids is 1. The van der Waals surface area contributed by atoms with E-state index in [4.69, 9.17) is 0 Å². The first-order chi connectivity index (χ1) is 14.3. The van der Waals surface area contributed by atoms with E-state index in [1.54, 1.807) is 0 Å². The molecule has 4 saturated carbocycles. The number of ketones is 1. The van der Waals surface area contributed by atoms with Gasteiger partial charge in [0.1, 0.15) is 5.78 Å². The zero-order chi connectivity index (χ0) is 22.6. The Bertz CT molecular complexity index is 831. The second-order valence-corrected chi connectivity index (χ2v) is 14.3. The Kier molecular flexibility index (Phi) is 4.66. The molecule has 31 heavy (non-hydrogen) atoms. The molecule has 0 aliphatic heterocycles. The highest BCUT2D eigenvalue weighted by Crippen LogP contribution is 2.77. The van der Waals surface area contributed by atoms with Crippen molar-refractivity contribution in [2.75, 3.05) is 0 Å². The molecule has 0 aromatic rings. The molecule has 5 rings (SSSR count). The standard InChI is InChI=1S/C30H48O/c1-19(2)20-11-15-27(5)21(20)12-17-29(7)23(27)9-10-24-28(6)16-14-25(31)26(3,4)22(28)13-18-30(24,29)8/h19,22-24H,9-18H2,1-8H3/t22-,23-,24+,27-,28-,29+,30+/m0/s1. The summed E-state index contributed by atoms with van der Waals surface area (Å²) in [6.45, 7) is 20.1. The minimum atomic E-state index is -0.127. The maximum absolute atomic E-state index is 12.9. The van der Waals surface area contributed by atoms with E-state index in [9.17, 15) is 4.79 Å². The summed E-state index contributed by atoms with van der Waals surface area (Å²) in [6, 6.07) is 0. The highest BCUT2D eigenvalue weighted by Gasteiger charge is 2.69. The summed E-state index contributed by atoms with van der Waals surface area (Å²) in [7, 11) is 0.